The normalized spacial score (nSPS) is 24.6. The average molecular weight is 319 g/mol. The second kappa shape index (κ2) is 7.30. The van der Waals surface area contributed by atoms with Crippen molar-refractivity contribution in [2.75, 3.05) is 39.4 Å². The number of nitrogens with zero attached hydrogens (tertiary/aromatic N) is 2. The summed E-state index contributed by atoms with van der Waals surface area (Å²) in [5.41, 5.74) is 1.05. The number of hydrogen-bond donors (Lipinski definition) is 1. The van der Waals surface area contributed by atoms with Crippen LogP contribution in [-0.4, -0.2) is 50.3 Å². The Labute approximate surface area is 137 Å². The molecule has 2 aliphatic rings. The maximum Gasteiger partial charge on any atom is 0.193 e. The molecule has 2 saturated heterocycles. The summed E-state index contributed by atoms with van der Waals surface area (Å²) in [7, 11) is 0. The Balaban J connectivity index is 1.61. The third-order valence-corrected chi connectivity index (χ3v) is 4.86. The number of hydrogen-bond acceptors (Lipinski definition) is 2. The Morgan fingerprint density at radius 3 is 3.00 bits per heavy atom. The SMILES string of the molecule is CCNC(=NCCc1ccccc1F)N1CCC2(CCOC2)C1. The first-order chi connectivity index (χ1) is 11.2. The summed E-state index contributed by atoms with van der Waals surface area (Å²) in [6, 6.07) is 6.93. The summed E-state index contributed by atoms with van der Waals surface area (Å²) in [6.45, 7) is 7.32. The minimum absolute atomic E-state index is 0.143. The van der Waals surface area contributed by atoms with Crippen molar-refractivity contribution in [3.05, 3.63) is 35.6 Å². The zero-order valence-electron chi connectivity index (χ0n) is 13.9. The molecule has 1 aromatic carbocycles. The molecule has 0 aliphatic carbocycles. The molecule has 0 bridgehead atoms. The van der Waals surface area contributed by atoms with E-state index in [1.165, 1.54) is 12.5 Å². The minimum Gasteiger partial charge on any atom is -0.381 e. The van der Waals surface area contributed by atoms with Crippen LogP contribution in [0.2, 0.25) is 0 Å². The molecule has 4 nitrogen and oxygen atoms in total. The lowest BCUT2D eigenvalue weighted by atomic mass is 9.87. The Hall–Kier alpha value is -1.62. The fourth-order valence-corrected chi connectivity index (χ4v) is 3.50. The molecule has 1 spiro atoms. The predicted octanol–water partition coefficient (Wildman–Crippen LogP) is 2.45. The van der Waals surface area contributed by atoms with Crippen molar-refractivity contribution in [3.63, 3.8) is 0 Å². The van der Waals surface area contributed by atoms with Crippen molar-refractivity contribution < 1.29 is 9.13 Å². The van der Waals surface area contributed by atoms with E-state index in [0.29, 0.717) is 18.4 Å². The number of nitrogens with one attached hydrogen (secondary N) is 1. The van der Waals surface area contributed by atoms with Crippen LogP contribution in [0.1, 0.15) is 25.3 Å². The molecular formula is C18H26FN3O. The molecule has 1 unspecified atom stereocenters. The van der Waals surface area contributed by atoms with Gasteiger partial charge in [-0.15, -0.1) is 0 Å². The van der Waals surface area contributed by atoms with Crippen molar-refractivity contribution in [1.82, 2.24) is 10.2 Å². The van der Waals surface area contributed by atoms with Gasteiger partial charge in [0.25, 0.3) is 0 Å². The Kier molecular flexibility index (Phi) is 5.16. The number of likely N-dealkylation sites (tertiary alicyclic amines) is 1. The fraction of sp³-hybridized carbons (Fsp3) is 0.611. The Morgan fingerprint density at radius 1 is 1.39 bits per heavy atom. The standard InChI is InChI=1S/C18H26FN3O/c1-2-20-17(21-10-7-15-5-3-4-6-16(15)19)22-11-8-18(13-22)9-12-23-14-18/h3-6H,2,7-14H2,1H3,(H,20,21). The second-order valence-electron chi connectivity index (χ2n) is 6.55. The van der Waals surface area contributed by atoms with Crippen molar-refractivity contribution in [2.45, 2.75) is 26.2 Å². The van der Waals surface area contributed by atoms with Gasteiger partial charge in [0, 0.05) is 38.2 Å². The smallest absolute Gasteiger partial charge is 0.193 e. The molecular weight excluding hydrogens is 293 g/mol. The van der Waals surface area contributed by atoms with Crippen LogP contribution in [-0.2, 0) is 11.2 Å². The van der Waals surface area contributed by atoms with E-state index in [4.69, 9.17) is 9.73 Å². The first-order valence-corrected chi connectivity index (χ1v) is 8.57. The summed E-state index contributed by atoms with van der Waals surface area (Å²) in [5, 5.41) is 3.37. The molecule has 1 aromatic rings. The van der Waals surface area contributed by atoms with Crippen LogP contribution >= 0.6 is 0 Å². The molecule has 2 heterocycles. The van der Waals surface area contributed by atoms with Gasteiger partial charge in [-0.25, -0.2) is 4.39 Å². The number of guanidine groups is 1. The molecule has 0 radical (unpaired) electrons. The van der Waals surface area contributed by atoms with Gasteiger partial charge >= 0.3 is 0 Å². The third kappa shape index (κ3) is 3.83. The van der Waals surface area contributed by atoms with Gasteiger partial charge in [0.2, 0.25) is 0 Å². The largest absolute Gasteiger partial charge is 0.381 e. The van der Waals surface area contributed by atoms with Gasteiger partial charge in [0.15, 0.2) is 5.96 Å². The van der Waals surface area contributed by atoms with E-state index in [9.17, 15) is 4.39 Å². The Morgan fingerprint density at radius 2 is 2.26 bits per heavy atom. The molecule has 2 fully saturated rings. The van der Waals surface area contributed by atoms with E-state index in [2.05, 4.69) is 17.1 Å². The van der Waals surface area contributed by atoms with Crippen LogP contribution in [0.15, 0.2) is 29.3 Å². The van der Waals surface area contributed by atoms with Gasteiger partial charge in [0.05, 0.1) is 6.61 Å². The van der Waals surface area contributed by atoms with E-state index in [1.807, 2.05) is 12.1 Å². The number of aliphatic imine (C=N–C) groups is 1. The molecule has 1 atom stereocenters. The molecule has 5 heteroatoms. The minimum atomic E-state index is -0.143. The first-order valence-electron chi connectivity index (χ1n) is 8.57. The molecule has 0 saturated carbocycles. The van der Waals surface area contributed by atoms with E-state index in [-0.39, 0.29) is 5.82 Å². The molecule has 126 valence electrons. The molecule has 3 rings (SSSR count). The van der Waals surface area contributed by atoms with Crippen LogP contribution in [0.4, 0.5) is 4.39 Å². The van der Waals surface area contributed by atoms with Gasteiger partial charge in [-0.3, -0.25) is 4.99 Å². The van der Waals surface area contributed by atoms with Gasteiger partial charge in [0.1, 0.15) is 5.82 Å². The number of benzene rings is 1. The molecule has 23 heavy (non-hydrogen) atoms. The van der Waals surface area contributed by atoms with Gasteiger partial charge in [-0.05, 0) is 37.8 Å². The maximum atomic E-state index is 13.7. The lowest BCUT2D eigenvalue weighted by Gasteiger charge is -2.25. The van der Waals surface area contributed by atoms with Gasteiger partial charge in [-0.2, -0.15) is 0 Å². The molecule has 0 aromatic heterocycles. The lowest BCUT2D eigenvalue weighted by molar-refractivity contribution is 0.156. The van der Waals surface area contributed by atoms with Crippen LogP contribution in [0.25, 0.3) is 0 Å². The highest BCUT2D eigenvalue weighted by atomic mass is 19.1. The highest BCUT2D eigenvalue weighted by molar-refractivity contribution is 5.80. The third-order valence-electron chi connectivity index (χ3n) is 4.86. The van der Waals surface area contributed by atoms with Crippen molar-refractivity contribution >= 4 is 5.96 Å². The zero-order valence-corrected chi connectivity index (χ0v) is 13.9. The van der Waals surface area contributed by atoms with Crippen LogP contribution in [0, 0.1) is 11.2 Å². The first kappa shape index (κ1) is 16.2. The van der Waals surface area contributed by atoms with E-state index >= 15 is 0 Å². The van der Waals surface area contributed by atoms with E-state index < -0.39 is 0 Å². The number of halogens is 1. The summed E-state index contributed by atoms with van der Waals surface area (Å²) in [5.74, 6) is 0.809. The summed E-state index contributed by atoms with van der Waals surface area (Å²) < 4.78 is 19.3. The fourth-order valence-electron chi connectivity index (χ4n) is 3.50. The summed E-state index contributed by atoms with van der Waals surface area (Å²) in [4.78, 5) is 7.04. The summed E-state index contributed by atoms with van der Waals surface area (Å²) >= 11 is 0. The van der Waals surface area contributed by atoms with E-state index in [0.717, 1.165) is 50.8 Å². The van der Waals surface area contributed by atoms with E-state index in [1.54, 1.807) is 6.07 Å². The molecule has 2 aliphatic heterocycles. The highest BCUT2D eigenvalue weighted by Gasteiger charge is 2.42. The maximum absolute atomic E-state index is 13.7. The second-order valence-corrected chi connectivity index (χ2v) is 6.55. The van der Waals surface area contributed by atoms with Gasteiger partial charge in [-0.1, -0.05) is 18.2 Å². The Bertz CT molecular complexity index is 555. The van der Waals surface area contributed by atoms with Crippen molar-refractivity contribution in [1.29, 1.82) is 0 Å². The molecule has 0 amide bonds. The lowest BCUT2D eigenvalue weighted by Crippen LogP contribution is -2.41. The van der Waals surface area contributed by atoms with Crippen LogP contribution in [0.3, 0.4) is 0 Å². The average Bonchev–Trinajstić information content (AvgIpc) is 3.19. The quantitative estimate of drug-likeness (QED) is 0.684. The van der Waals surface area contributed by atoms with Gasteiger partial charge < -0.3 is 15.0 Å². The van der Waals surface area contributed by atoms with Crippen LogP contribution in [0.5, 0.6) is 0 Å². The topological polar surface area (TPSA) is 36.9 Å². The monoisotopic (exact) mass is 319 g/mol. The number of ether oxygens (including phenoxy) is 1. The van der Waals surface area contributed by atoms with Crippen molar-refractivity contribution in [3.8, 4) is 0 Å². The predicted molar refractivity (Wildman–Crippen MR) is 90.1 cm³/mol. The van der Waals surface area contributed by atoms with Crippen LogP contribution < -0.4 is 5.32 Å². The summed E-state index contributed by atoms with van der Waals surface area (Å²) in [6.07, 6.45) is 2.95. The number of rotatable bonds is 4. The van der Waals surface area contributed by atoms with Crippen molar-refractivity contribution in [2.24, 2.45) is 10.4 Å². The molecule has 1 N–H and O–H groups in total. The highest BCUT2D eigenvalue weighted by Crippen LogP contribution is 2.38. The zero-order chi connectivity index (χ0) is 16.1.